The maximum absolute atomic E-state index is 4.33. The number of hydrogen-bond donors (Lipinski definition) is 0. The molecule has 0 N–H and O–H groups in total. The van der Waals surface area contributed by atoms with E-state index in [1.807, 2.05) is 6.08 Å². The Labute approximate surface area is 316 Å². The molecule has 0 saturated carbocycles. The average Bonchev–Trinajstić information content (AvgIpc) is 3.80. The molecule has 0 spiro atoms. The Kier molecular flexibility index (Phi) is 7.25. The van der Waals surface area contributed by atoms with E-state index in [4.69, 9.17) is 0 Å². The molecule has 54 heavy (non-hydrogen) atoms. The highest BCUT2D eigenvalue weighted by Gasteiger charge is 2.35. The largest absolute Gasteiger partial charge is 0.309 e. The Balaban J connectivity index is 1.12. The molecular formula is C52H40N2. The fraction of sp³-hybridized carbons (Fsp3) is 0.0769. The molecule has 1 aliphatic rings. The second-order valence-electron chi connectivity index (χ2n) is 15.0. The van der Waals surface area contributed by atoms with Gasteiger partial charge in [0.05, 0.1) is 22.2 Å². The fourth-order valence-corrected chi connectivity index (χ4v) is 9.05. The Morgan fingerprint density at radius 2 is 1.11 bits per heavy atom. The van der Waals surface area contributed by atoms with E-state index in [0.29, 0.717) is 0 Å². The Hall–Kier alpha value is -6.64. The van der Waals surface area contributed by atoms with Gasteiger partial charge in [0.25, 0.3) is 0 Å². The molecule has 0 fully saturated rings. The molecule has 0 aliphatic heterocycles. The number of hydrogen-bond acceptors (Lipinski definition) is 0. The number of benzene rings is 7. The van der Waals surface area contributed by atoms with E-state index in [1.54, 1.807) is 0 Å². The summed E-state index contributed by atoms with van der Waals surface area (Å²) in [5.74, 6) is 0. The molecule has 0 bridgehead atoms. The van der Waals surface area contributed by atoms with Gasteiger partial charge < -0.3 is 9.13 Å². The number of para-hydroxylation sites is 1. The number of fused-ring (bicyclic) bond motifs is 7. The molecule has 0 atom stereocenters. The molecule has 0 amide bonds. The first-order chi connectivity index (χ1) is 26.5. The van der Waals surface area contributed by atoms with Crippen molar-refractivity contribution >= 4 is 44.9 Å². The Morgan fingerprint density at radius 3 is 1.91 bits per heavy atom. The topological polar surface area (TPSA) is 9.86 Å². The molecule has 9 aromatic rings. The average molecular weight is 693 g/mol. The van der Waals surface area contributed by atoms with Gasteiger partial charge in [-0.2, -0.15) is 0 Å². The van der Waals surface area contributed by atoms with E-state index in [1.165, 1.54) is 82.8 Å². The van der Waals surface area contributed by atoms with Crippen molar-refractivity contribution in [2.75, 3.05) is 0 Å². The van der Waals surface area contributed by atoms with Gasteiger partial charge in [-0.05, 0) is 112 Å². The van der Waals surface area contributed by atoms with Gasteiger partial charge >= 0.3 is 0 Å². The lowest BCUT2D eigenvalue weighted by Gasteiger charge is -2.22. The first-order valence-electron chi connectivity index (χ1n) is 18.8. The Bertz CT molecular complexity index is 2980. The summed E-state index contributed by atoms with van der Waals surface area (Å²) in [5, 5.41) is 3.70. The van der Waals surface area contributed by atoms with E-state index < -0.39 is 0 Å². The lowest BCUT2D eigenvalue weighted by Crippen LogP contribution is -2.15. The fourth-order valence-electron chi connectivity index (χ4n) is 9.05. The molecule has 2 heterocycles. The van der Waals surface area contributed by atoms with Gasteiger partial charge in [0.15, 0.2) is 0 Å². The van der Waals surface area contributed by atoms with Gasteiger partial charge in [-0.25, -0.2) is 0 Å². The zero-order valence-corrected chi connectivity index (χ0v) is 30.8. The standard InChI is InChI=1S/C52H40N2/c1-5-15-42-44-31-36(24-28-50(44)53(48(42)6-2)39-26-27-41-40-20-10-12-22-46(40)52(3,4)47(41)33-39)37-25-29-51-45(32-37)43-21-11-13-23-49(43)54(51)38-19-14-18-35(30-38)34-16-8-7-9-17-34/h5-33H,2H2,1,3-4H3/b15-5-. The maximum atomic E-state index is 4.33. The molecular weight excluding hydrogens is 653 g/mol. The maximum Gasteiger partial charge on any atom is 0.0541 e. The molecule has 7 aromatic carbocycles. The normalized spacial score (nSPS) is 13.2. The van der Waals surface area contributed by atoms with Crippen LogP contribution in [0.1, 0.15) is 43.2 Å². The van der Waals surface area contributed by atoms with E-state index in [0.717, 1.165) is 17.1 Å². The van der Waals surface area contributed by atoms with Crippen molar-refractivity contribution in [1.82, 2.24) is 9.13 Å². The SMILES string of the molecule is C=Cc1c(/C=C\C)c2cc(-c3ccc4c(c3)c3ccccc3n4-c3cccc(-c4ccccc4)c3)ccc2n1-c1ccc2c(c1)C(C)(C)c1ccccc1-2. The lowest BCUT2D eigenvalue weighted by atomic mass is 9.82. The molecule has 2 aromatic heterocycles. The van der Waals surface area contributed by atoms with Crippen molar-refractivity contribution in [3.8, 4) is 44.8 Å². The minimum Gasteiger partial charge on any atom is -0.309 e. The zero-order valence-electron chi connectivity index (χ0n) is 30.8. The highest BCUT2D eigenvalue weighted by Crippen LogP contribution is 2.49. The minimum atomic E-state index is -0.0784. The third-order valence-electron chi connectivity index (χ3n) is 11.6. The van der Waals surface area contributed by atoms with Crippen LogP contribution in [-0.2, 0) is 5.41 Å². The highest BCUT2D eigenvalue weighted by molar-refractivity contribution is 6.11. The van der Waals surface area contributed by atoms with E-state index in [2.05, 4.69) is 206 Å². The summed E-state index contributed by atoms with van der Waals surface area (Å²) >= 11 is 0. The van der Waals surface area contributed by atoms with Crippen molar-refractivity contribution in [3.63, 3.8) is 0 Å². The van der Waals surface area contributed by atoms with Crippen molar-refractivity contribution < 1.29 is 0 Å². The molecule has 0 saturated heterocycles. The predicted octanol–water partition coefficient (Wildman–Crippen LogP) is 14.0. The summed E-state index contributed by atoms with van der Waals surface area (Å²) < 4.78 is 4.79. The molecule has 2 nitrogen and oxygen atoms in total. The van der Waals surface area contributed by atoms with Gasteiger partial charge in [-0.15, -0.1) is 0 Å². The summed E-state index contributed by atoms with van der Waals surface area (Å²) in [4.78, 5) is 0. The van der Waals surface area contributed by atoms with Gasteiger partial charge in [0, 0.05) is 38.5 Å². The summed E-state index contributed by atoms with van der Waals surface area (Å²) in [5.41, 5.74) is 18.3. The second kappa shape index (κ2) is 12.2. The number of nitrogens with zero attached hydrogens (tertiary/aromatic N) is 2. The van der Waals surface area contributed by atoms with E-state index >= 15 is 0 Å². The Morgan fingerprint density at radius 1 is 0.481 bits per heavy atom. The zero-order chi connectivity index (χ0) is 36.6. The van der Waals surface area contributed by atoms with Crippen LogP contribution in [0, 0.1) is 0 Å². The van der Waals surface area contributed by atoms with E-state index in [9.17, 15) is 0 Å². The van der Waals surface area contributed by atoms with Gasteiger partial charge in [0.2, 0.25) is 0 Å². The van der Waals surface area contributed by atoms with Crippen molar-refractivity contribution in [3.05, 3.63) is 193 Å². The lowest BCUT2D eigenvalue weighted by molar-refractivity contribution is 0.660. The van der Waals surface area contributed by atoms with Crippen LogP contribution >= 0.6 is 0 Å². The number of aromatic nitrogens is 2. The van der Waals surface area contributed by atoms with E-state index in [-0.39, 0.29) is 5.41 Å². The van der Waals surface area contributed by atoms with Crippen molar-refractivity contribution in [2.45, 2.75) is 26.2 Å². The monoisotopic (exact) mass is 692 g/mol. The van der Waals surface area contributed by atoms with Crippen LogP contribution in [0.4, 0.5) is 0 Å². The third-order valence-corrected chi connectivity index (χ3v) is 11.6. The smallest absolute Gasteiger partial charge is 0.0541 e. The molecule has 1 aliphatic carbocycles. The first-order valence-corrected chi connectivity index (χ1v) is 18.8. The van der Waals surface area contributed by atoms with Gasteiger partial charge in [0.1, 0.15) is 0 Å². The molecule has 2 heteroatoms. The number of rotatable bonds is 6. The first kappa shape index (κ1) is 32.0. The highest BCUT2D eigenvalue weighted by atomic mass is 15.0. The summed E-state index contributed by atoms with van der Waals surface area (Å²) in [7, 11) is 0. The van der Waals surface area contributed by atoms with Gasteiger partial charge in [-0.1, -0.05) is 136 Å². The van der Waals surface area contributed by atoms with Crippen LogP contribution in [0.15, 0.2) is 170 Å². The predicted molar refractivity (Wildman–Crippen MR) is 231 cm³/mol. The molecule has 0 radical (unpaired) electrons. The molecule has 0 unspecified atom stereocenters. The van der Waals surface area contributed by atoms with Crippen molar-refractivity contribution in [1.29, 1.82) is 0 Å². The third kappa shape index (κ3) is 4.73. The number of allylic oxidation sites excluding steroid dienone is 1. The van der Waals surface area contributed by atoms with Crippen LogP contribution < -0.4 is 0 Å². The summed E-state index contributed by atoms with van der Waals surface area (Å²) in [6.07, 6.45) is 6.37. The van der Waals surface area contributed by atoms with Crippen molar-refractivity contribution in [2.24, 2.45) is 0 Å². The molecule has 10 rings (SSSR count). The second-order valence-corrected chi connectivity index (χ2v) is 15.0. The molecule has 258 valence electrons. The van der Waals surface area contributed by atoms with Crippen LogP contribution in [0.25, 0.3) is 89.6 Å². The summed E-state index contributed by atoms with van der Waals surface area (Å²) in [6.45, 7) is 11.1. The quantitative estimate of drug-likeness (QED) is 0.164. The van der Waals surface area contributed by atoms with Crippen LogP contribution in [0.2, 0.25) is 0 Å². The van der Waals surface area contributed by atoms with Crippen LogP contribution in [0.3, 0.4) is 0 Å². The van der Waals surface area contributed by atoms with Crippen LogP contribution in [-0.4, -0.2) is 9.13 Å². The van der Waals surface area contributed by atoms with Crippen LogP contribution in [0.5, 0.6) is 0 Å². The van der Waals surface area contributed by atoms with Gasteiger partial charge in [-0.3, -0.25) is 0 Å². The summed E-state index contributed by atoms with van der Waals surface area (Å²) in [6, 6.07) is 58.0. The minimum absolute atomic E-state index is 0.0784.